The molecule has 4 aromatic rings. The molecule has 7 nitrogen and oxygen atoms in total. The molecule has 0 saturated heterocycles. The Labute approximate surface area is 183 Å². The molecule has 2 aromatic carbocycles. The van der Waals surface area contributed by atoms with Crippen LogP contribution in [0.1, 0.15) is 10.4 Å². The third kappa shape index (κ3) is 4.81. The van der Waals surface area contributed by atoms with Crippen molar-refractivity contribution in [1.29, 1.82) is 0 Å². The molecule has 0 aliphatic carbocycles. The molecule has 0 fully saturated rings. The van der Waals surface area contributed by atoms with Crippen LogP contribution in [-0.2, 0) is 0 Å². The number of nitrogens with zero attached hydrogens (tertiary/aromatic N) is 2. The van der Waals surface area contributed by atoms with Gasteiger partial charge in [0.05, 0.1) is 19.9 Å². The first-order valence-corrected chi connectivity index (χ1v) is 10.3. The van der Waals surface area contributed by atoms with Gasteiger partial charge in [0, 0.05) is 40.3 Å². The average Bonchev–Trinajstić information content (AvgIpc) is 3.28. The van der Waals surface area contributed by atoms with Crippen LogP contribution < -0.4 is 20.1 Å². The predicted octanol–water partition coefficient (Wildman–Crippen LogP) is 5.22. The lowest BCUT2D eigenvalue weighted by atomic mass is 10.1. The molecule has 8 heteroatoms. The number of rotatable bonds is 7. The van der Waals surface area contributed by atoms with Crippen LogP contribution >= 0.6 is 11.3 Å². The van der Waals surface area contributed by atoms with Crippen LogP contribution in [0.25, 0.3) is 11.3 Å². The lowest BCUT2D eigenvalue weighted by Gasteiger charge is -2.11. The molecule has 1 amide bonds. The van der Waals surface area contributed by atoms with Gasteiger partial charge in [-0.25, -0.2) is 4.98 Å². The van der Waals surface area contributed by atoms with E-state index in [9.17, 15) is 4.79 Å². The van der Waals surface area contributed by atoms with Crippen LogP contribution in [0.15, 0.2) is 72.4 Å². The van der Waals surface area contributed by atoms with Crippen molar-refractivity contribution in [3.63, 3.8) is 0 Å². The van der Waals surface area contributed by atoms with Crippen LogP contribution in [-0.4, -0.2) is 30.1 Å². The summed E-state index contributed by atoms with van der Waals surface area (Å²) >= 11 is 1.51. The maximum atomic E-state index is 12.7. The number of ether oxygens (including phenoxy) is 2. The van der Waals surface area contributed by atoms with Gasteiger partial charge in [-0.2, -0.15) is 0 Å². The Morgan fingerprint density at radius 1 is 0.935 bits per heavy atom. The van der Waals surface area contributed by atoms with Gasteiger partial charge in [-0.1, -0.05) is 6.07 Å². The molecule has 156 valence electrons. The first-order valence-electron chi connectivity index (χ1n) is 9.42. The number of carbonyl (C=O) groups excluding carboxylic acids is 1. The summed E-state index contributed by atoms with van der Waals surface area (Å²) < 4.78 is 10.5. The van der Waals surface area contributed by atoms with E-state index in [0.29, 0.717) is 22.7 Å². The van der Waals surface area contributed by atoms with Crippen molar-refractivity contribution >= 4 is 33.8 Å². The number of thiazole rings is 1. The van der Waals surface area contributed by atoms with Gasteiger partial charge < -0.3 is 20.1 Å². The first-order chi connectivity index (χ1) is 15.2. The molecule has 2 N–H and O–H groups in total. The molecule has 2 heterocycles. The van der Waals surface area contributed by atoms with Gasteiger partial charge in [0.2, 0.25) is 0 Å². The third-order valence-corrected chi connectivity index (χ3v) is 5.26. The second-order valence-corrected chi connectivity index (χ2v) is 7.36. The molecular weight excluding hydrogens is 412 g/mol. The molecule has 0 radical (unpaired) electrons. The van der Waals surface area contributed by atoms with Gasteiger partial charge in [-0.05, 0) is 48.5 Å². The zero-order valence-electron chi connectivity index (χ0n) is 17.0. The van der Waals surface area contributed by atoms with Crippen LogP contribution in [0.2, 0.25) is 0 Å². The number of carbonyl (C=O) groups is 1. The Balaban J connectivity index is 1.46. The summed E-state index contributed by atoms with van der Waals surface area (Å²) in [5, 5.41) is 8.94. The third-order valence-electron chi connectivity index (χ3n) is 4.50. The topological polar surface area (TPSA) is 85.4 Å². The molecule has 0 saturated carbocycles. The number of hydrogen-bond donors (Lipinski definition) is 2. The predicted molar refractivity (Wildman–Crippen MR) is 123 cm³/mol. The highest BCUT2D eigenvalue weighted by Gasteiger charge is 2.12. The number of nitrogens with one attached hydrogen (secondary N) is 2. The highest BCUT2D eigenvalue weighted by atomic mass is 32.1. The zero-order chi connectivity index (χ0) is 21.6. The van der Waals surface area contributed by atoms with E-state index in [1.165, 1.54) is 18.4 Å². The van der Waals surface area contributed by atoms with Gasteiger partial charge in [-0.15, -0.1) is 11.3 Å². The average molecular weight is 433 g/mol. The Morgan fingerprint density at radius 3 is 2.48 bits per heavy atom. The maximum absolute atomic E-state index is 12.7. The lowest BCUT2D eigenvalue weighted by molar-refractivity contribution is 0.102. The van der Waals surface area contributed by atoms with Gasteiger partial charge in [0.25, 0.3) is 5.91 Å². The van der Waals surface area contributed by atoms with Crippen molar-refractivity contribution in [2.75, 3.05) is 24.9 Å². The van der Waals surface area contributed by atoms with Gasteiger partial charge in [0.15, 0.2) is 16.6 Å². The molecule has 0 bridgehead atoms. The van der Waals surface area contributed by atoms with Crippen LogP contribution in [0.3, 0.4) is 0 Å². The molecule has 2 aromatic heterocycles. The summed E-state index contributed by atoms with van der Waals surface area (Å²) in [6.45, 7) is 0. The van der Waals surface area contributed by atoms with E-state index in [1.807, 2.05) is 41.8 Å². The highest BCUT2D eigenvalue weighted by Crippen LogP contribution is 2.29. The fraction of sp³-hybridized carbons (Fsp3) is 0.0870. The molecule has 0 unspecified atom stereocenters. The number of methoxy groups -OCH3 is 2. The number of anilines is 3. The molecular formula is C23H20N4O3S. The summed E-state index contributed by atoms with van der Waals surface area (Å²) in [5.74, 6) is 0.825. The summed E-state index contributed by atoms with van der Waals surface area (Å²) in [5.41, 5.74) is 3.84. The van der Waals surface area contributed by atoms with E-state index >= 15 is 0 Å². The van der Waals surface area contributed by atoms with Crippen molar-refractivity contribution in [2.45, 2.75) is 0 Å². The van der Waals surface area contributed by atoms with Crippen molar-refractivity contribution in [2.24, 2.45) is 0 Å². The Hall–Kier alpha value is -3.91. The van der Waals surface area contributed by atoms with E-state index in [0.717, 1.165) is 22.1 Å². The fourth-order valence-corrected chi connectivity index (χ4v) is 3.71. The zero-order valence-corrected chi connectivity index (χ0v) is 17.8. The van der Waals surface area contributed by atoms with E-state index in [4.69, 9.17) is 9.47 Å². The van der Waals surface area contributed by atoms with E-state index in [2.05, 4.69) is 20.6 Å². The maximum Gasteiger partial charge on any atom is 0.255 e. The number of hydrogen-bond acceptors (Lipinski definition) is 7. The van der Waals surface area contributed by atoms with E-state index in [-0.39, 0.29) is 5.91 Å². The van der Waals surface area contributed by atoms with Crippen LogP contribution in [0.5, 0.6) is 11.5 Å². The molecule has 0 atom stereocenters. The Bertz CT molecular complexity index is 1190. The number of benzene rings is 2. The second-order valence-electron chi connectivity index (χ2n) is 6.50. The van der Waals surface area contributed by atoms with E-state index < -0.39 is 0 Å². The van der Waals surface area contributed by atoms with Crippen molar-refractivity contribution in [1.82, 2.24) is 9.97 Å². The van der Waals surface area contributed by atoms with Crippen LogP contribution in [0, 0.1) is 0 Å². The van der Waals surface area contributed by atoms with Gasteiger partial charge >= 0.3 is 0 Å². The SMILES string of the molecule is COc1ccc(C(=O)Nc2cccc(Nc3nc(-c4ccncc4)cs3)c2)cc1OC. The minimum atomic E-state index is -0.243. The van der Waals surface area contributed by atoms with E-state index in [1.54, 1.807) is 37.7 Å². The summed E-state index contributed by atoms with van der Waals surface area (Å²) in [7, 11) is 3.09. The Morgan fingerprint density at radius 2 is 1.71 bits per heavy atom. The fourth-order valence-electron chi connectivity index (χ4n) is 2.97. The summed E-state index contributed by atoms with van der Waals surface area (Å²) in [4.78, 5) is 21.3. The minimum absolute atomic E-state index is 0.243. The van der Waals surface area contributed by atoms with Crippen molar-refractivity contribution in [3.8, 4) is 22.8 Å². The Kier molecular flexibility index (Phi) is 6.09. The first kappa shape index (κ1) is 20.4. The standard InChI is InChI=1S/C23H20N4O3S/c1-29-20-7-6-16(12-21(20)30-2)22(28)25-17-4-3-5-18(13-17)26-23-27-19(14-31-23)15-8-10-24-11-9-15/h3-14H,1-2H3,(H,25,28)(H,26,27). The quantitative estimate of drug-likeness (QED) is 0.417. The molecule has 0 aliphatic rings. The van der Waals surface area contributed by atoms with Crippen molar-refractivity contribution in [3.05, 3.63) is 77.9 Å². The monoisotopic (exact) mass is 432 g/mol. The molecule has 0 aliphatic heterocycles. The lowest BCUT2D eigenvalue weighted by Crippen LogP contribution is -2.12. The number of amides is 1. The van der Waals surface area contributed by atoms with Gasteiger partial charge in [0.1, 0.15) is 0 Å². The molecule has 0 spiro atoms. The van der Waals surface area contributed by atoms with Gasteiger partial charge in [-0.3, -0.25) is 9.78 Å². The van der Waals surface area contributed by atoms with Crippen LogP contribution in [0.4, 0.5) is 16.5 Å². The summed E-state index contributed by atoms with van der Waals surface area (Å²) in [6.07, 6.45) is 3.48. The number of pyridine rings is 1. The molecule has 4 rings (SSSR count). The van der Waals surface area contributed by atoms with Crippen molar-refractivity contribution < 1.29 is 14.3 Å². The second kappa shape index (κ2) is 9.27. The highest BCUT2D eigenvalue weighted by molar-refractivity contribution is 7.14. The number of aromatic nitrogens is 2. The normalized spacial score (nSPS) is 10.4. The summed E-state index contributed by atoms with van der Waals surface area (Å²) in [6, 6.07) is 16.3. The smallest absolute Gasteiger partial charge is 0.255 e. The minimum Gasteiger partial charge on any atom is -0.493 e. The largest absolute Gasteiger partial charge is 0.493 e. The molecule has 31 heavy (non-hydrogen) atoms.